The lowest BCUT2D eigenvalue weighted by atomic mass is 10.1. The molecule has 0 fully saturated rings. The smallest absolute Gasteiger partial charge is 0.145 e. The van der Waals surface area contributed by atoms with Crippen molar-refractivity contribution in [2.24, 2.45) is 0 Å². The van der Waals surface area contributed by atoms with Crippen molar-refractivity contribution in [1.29, 1.82) is 0 Å². The number of hydrogen-bond acceptors (Lipinski definition) is 4. The number of fused-ring (bicyclic) bond motifs is 1. The van der Waals surface area contributed by atoms with Gasteiger partial charge in [0.15, 0.2) is 0 Å². The number of hydrogen-bond donors (Lipinski definition) is 1. The fourth-order valence-corrected chi connectivity index (χ4v) is 2.53. The van der Waals surface area contributed by atoms with E-state index < -0.39 is 0 Å². The van der Waals surface area contributed by atoms with Crippen molar-refractivity contribution in [1.82, 2.24) is 14.9 Å². The SMILES string of the molecule is CN(C)[C@@H](CNc1cnc2ccccc2n1)c1ccc(F)cc1. The molecule has 0 saturated carbocycles. The maximum Gasteiger partial charge on any atom is 0.145 e. The summed E-state index contributed by atoms with van der Waals surface area (Å²) in [6.45, 7) is 0.658. The first-order chi connectivity index (χ1) is 11.1. The van der Waals surface area contributed by atoms with Crippen LogP contribution in [0.4, 0.5) is 10.2 Å². The number of rotatable bonds is 5. The van der Waals surface area contributed by atoms with Crippen molar-refractivity contribution in [2.75, 3.05) is 26.0 Å². The first-order valence-electron chi connectivity index (χ1n) is 7.51. The number of para-hydroxylation sites is 2. The van der Waals surface area contributed by atoms with Gasteiger partial charge in [-0.15, -0.1) is 0 Å². The second-order valence-corrected chi connectivity index (χ2v) is 5.66. The predicted octanol–water partition coefficient (Wildman–Crippen LogP) is 3.48. The molecular formula is C18H19FN4. The normalized spacial score (nSPS) is 12.5. The third-order valence-corrected chi connectivity index (χ3v) is 3.80. The van der Waals surface area contributed by atoms with E-state index in [4.69, 9.17) is 0 Å². The molecule has 0 aliphatic carbocycles. The van der Waals surface area contributed by atoms with Gasteiger partial charge in [-0.3, -0.25) is 4.98 Å². The molecule has 23 heavy (non-hydrogen) atoms. The van der Waals surface area contributed by atoms with Crippen molar-refractivity contribution in [3.8, 4) is 0 Å². The van der Waals surface area contributed by atoms with Crippen LogP contribution in [0.1, 0.15) is 11.6 Å². The molecule has 0 unspecified atom stereocenters. The molecule has 0 spiro atoms. The van der Waals surface area contributed by atoms with Gasteiger partial charge in [0.05, 0.1) is 23.3 Å². The van der Waals surface area contributed by atoms with E-state index in [1.807, 2.05) is 50.5 Å². The molecule has 0 aliphatic rings. The zero-order valence-electron chi connectivity index (χ0n) is 13.2. The highest BCUT2D eigenvalue weighted by molar-refractivity contribution is 5.75. The molecule has 0 bridgehead atoms. The maximum absolute atomic E-state index is 13.1. The van der Waals surface area contributed by atoms with E-state index in [0.717, 1.165) is 22.4 Å². The molecule has 0 aliphatic heterocycles. The molecule has 1 heterocycles. The van der Waals surface area contributed by atoms with Crippen molar-refractivity contribution >= 4 is 16.9 Å². The molecule has 3 aromatic rings. The molecule has 0 saturated heterocycles. The topological polar surface area (TPSA) is 41.0 Å². The van der Waals surface area contributed by atoms with Crippen LogP contribution in [0.2, 0.25) is 0 Å². The lowest BCUT2D eigenvalue weighted by molar-refractivity contribution is 0.311. The number of aromatic nitrogens is 2. The minimum atomic E-state index is -0.223. The summed E-state index contributed by atoms with van der Waals surface area (Å²) in [5.41, 5.74) is 2.79. The van der Waals surface area contributed by atoms with Gasteiger partial charge in [0, 0.05) is 6.54 Å². The van der Waals surface area contributed by atoms with E-state index in [0.29, 0.717) is 6.54 Å². The summed E-state index contributed by atoms with van der Waals surface area (Å²) in [7, 11) is 4.00. The van der Waals surface area contributed by atoms with Gasteiger partial charge in [-0.05, 0) is 43.9 Å². The van der Waals surface area contributed by atoms with E-state index in [1.54, 1.807) is 6.20 Å². The zero-order chi connectivity index (χ0) is 16.2. The average molecular weight is 310 g/mol. The van der Waals surface area contributed by atoms with Gasteiger partial charge < -0.3 is 10.2 Å². The minimum absolute atomic E-state index is 0.115. The van der Waals surface area contributed by atoms with Crippen LogP contribution in [-0.2, 0) is 0 Å². The lowest BCUT2D eigenvalue weighted by Crippen LogP contribution is -2.27. The molecule has 5 heteroatoms. The van der Waals surface area contributed by atoms with Gasteiger partial charge in [0.2, 0.25) is 0 Å². The zero-order valence-corrected chi connectivity index (χ0v) is 13.2. The summed E-state index contributed by atoms with van der Waals surface area (Å²) in [4.78, 5) is 11.1. The number of likely N-dealkylation sites (N-methyl/N-ethyl adjacent to an activating group) is 1. The van der Waals surface area contributed by atoms with Crippen molar-refractivity contribution in [2.45, 2.75) is 6.04 Å². The van der Waals surface area contributed by atoms with Crippen LogP contribution in [0.5, 0.6) is 0 Å². The largest absolute Gasteiger partial charge is 0.367 e. The van der Waals surface area contributed by atoms with Crippen molar-refractivity contribution in [3.63, 3.8) is 0 Å². The van der Waals surface area contributed by atoms with Gasteiger partial charge in [-0.2, -0.15) is 0 Å². The third kappa shape index (κ3) is 3.63. The van der Waals surface area contributed by atoms with Gasteiger partial charge in [0.25, 0.3) is 0 Å². The molecule has 1 N–H and O–H groups in total. The van der Waals surface area contributed by atoms with Crippen LogP contribution in [0.15, 0.2) is 54.7 Å². The Kier molecular flexibility index (Phi) is 4.48. The predicted molar refractivity (Wildman–Crippen MR) is 90.9 cm³/mol. The average Bonchev–Trinajstić information content (AvgIpc) is 2.56. The van der Waals surface area contributed by atoms with E-state index in [9.17, 15) is 4.39 Å². The highest BCUT2D eigenvalue weighted by Gasteiger charge is 2.14. The first-order valence-corrected chi connectivity index (χ1v) is 7.51. The van der Waals surface area contributed by atoms with E-state index >= 15 is 0 Å². The van der Waals surface area contributed by atoms with Gasteiger partial charge >= 0.3 is 0 Å². The molecule has 118 valence electrons. The Bertz CT molecular complexity index is 786. The number of halogens is 1. The summed E-state index contributed by atoms with van der Waals surface area (Å²) in [5, 5.41) is 3.32. The molecule has 0 radical (unpaired) electrons. The molecule has 3 rings (SSSR count). The lowest BCUT2D eigenvalue weighted by Gasteiger charge is -2.25. The van der Waals surface area contributed by atoms with Crippen LogP contribution in [-0.4, -0.2) is 35.5 Å². The molecule has 1 aromatic heterocycles. The van der Waals surface area contributed by atoms with Crippen LogP contribution in [0.3, 0.4) is 0 Å². The number of nitrogens with zero attached hydrogens (tertiary/aromatic N) is 3. The van der Waals surface area contributed by atoms with Gasteiger partial charge in [-0.25, -0.2) is 9.37 Å². The Labute approximate surface area is 135 Å². The Morgan fingerprint density at radius 3 is 2.43 bits per heavy atom. The molecule has 4 nitrogen and oxygen atoms in total. The van der Waals surface area contributed by atoms with E-state index in [-0.39, 0.29) is 11.9 Å². The van der Waals surface area contributed by atoms with Crippen LogP contribution < -0.4 is 5.32 Å². The van der Waals surface area contributed by atoms with E-state index in [1.165, 1.54) is 12.1 Å². The Hall–Kier alpha value is -2.53. The fraction of sp³-hybridized carbons (Fsp3) is 0.222. The molecule has 1 atom stereocenters. The Morgan fingerprint density at radius 1 is 1.04 bits per heavy atom. The quantitative estimate of drug-likeness (QED) is 0.783. The Balaban J connectivity index is 1.76. The first kappa shape index (κ1) is 15.4. The monoisotopic (exact) mass is 310 g/mol. The second-order valence-electron chi connectivity index (χ2n) is 5.66. The number of benzene rings is 2. The fourth-order valence-electron chi connectivity index (χ4n) is 2.53. The van der Waals surface area contributed by atoms with Crippen molar-refractivity contribution < 1.29 is 4.39 Å². The minimum Gasteiger partial charge on any atom is -0.367 e. The van der Waals surface area contributed by atoms with E-state index in [2.05, 4.69) is 20.2 Å². The summed E-state index contributed by atoms with van der Waals surface area (Å²) in [5.74, 6) is 0.511. The third-order valence-electron chi connectivity index (χ3n) is 3.80. The van der Waals surface area contributed by atoms with Crippen LogP contribution in [0, 0.1) is 5.82 Å². The number of anilines is 1. The van der Waals surface area contributed by atoms with Crippen LogP contribution in [0.25, 0.3) is 11.0 Å². The van der Waals surface area contributed by atoms with Gasteiger partial charge in [-0.1, -0.05) is 24.3 Å². The maximum atomic E-state index is 13.1. The van der Waals surface area contributed by atoms with Crippen molar-refractivity contribution in [3.05, 3.63) is 66.1 Å². The highest BCUT2D eigenvalue weighted by atomic mass is 19.1. The van der Waals surface area contributed by atoms with Gasteiger partial charge in [0.1, 0.15) is 11.6 Å². The summed E-state index contributed by atoms with van der Waals surface area (Å²) >= 11 is 0. The molecule has 0 amide bonds. The second kappa shape index (κ2) is 6.71. The summed E-state index contributed by atoms with van der Waals surface area (Å²) < 4.78 is 13.1. The highest BCUT2D eigenvalue weighted by Crippen LogP contribution is 2.20. The van der Waals surface area contributed by atoms with Crippen LogP contribution >= 0.6 is 0 Å². The standard InChI is InChI=1S/C18H19FN4/c1-23(2)17(13-7-9-14(19)10-8-13)11-21-18-12-20-15-5-3-4-6-16(15)22-18/h3-10,12,17H,11H2,1-2H3,(H,21,22)/t17-/m0/s1. The number of nitrogens with one attached hydrogen (secondary N) is 1. The summed E-state index contributed by atoms with van der Waals surface area (Å²) in [6, 6.07) is 14.5. The molecular weight excluding hydrogens is 291 g/mol. The molecule has 2 aromatic carbocycles. The Morgan fingerprint density at radius 2 is 1.74 bits per heavy atom. The summed E-state index contributed by atoms with van der Waals surface area (Å²) in [6.07, 6.45) is 1.74.